The molecular formula is C20H40IN5O3. The van der Waals surface area contributed by atoms with Gasteiger partial charge in [0.25, 0.3) is 0 Å². The fourth-order valence-electron chi connectivity index (χ4n) is 3.59. The fourth-order valence-corrected chi connectivity index (χ4v) is 3.59. The van der Waals surface area contributed by atoms with Gasteiger partial charge in [0, 0.05) is 46.4 Å². The number of carbonyl (C=O) groups excluding carboxylic acids is 1. The predicted molar refractivity (Wildman–Crippen MR) is 127 cm³/mol. The summed E-state index contributed by atoms with van der Waals surface area (Å²) >= 11 is 0. The largest absolute Gasteiger partial charge is 0.379 e. The summed E-state index contributed by atoms with van der Waals surface area (Å²) in [6, 6.07) is 0.538. The molecule has 0 aromatic carbocycles. The van der Waals surface area contributed by atoms with Gasteiger partial charge in [-0.1, -0.05) is 6.92 Å². The van der Waals surface area contributed by atoms with E-state index in [1.54, 1.807) is 19.0 Å². The lowest BCUT2D eigenvalue weighted by Crippen LogP contribution is -2.45. The van der Waals surface area contributed by atoms with Gasteiger partial charge in [-0.2, -0.15) is 0 Å². The van der Waals surface area contributed by atoms with E-state index in [0.717, 1.165) is 45.5 Å². The van der Waals surface area contributed by atoms with Gasteiger partial charge in [0.1, 0.15) is 6.54 Å². The normalized spacial score (nSPS) is 22.4. The summed E-state index contributed by atoms with van der Waals surface area (Å²) in [6.07, 6.45) is 5.87. The third-order valence-corrected chi connectivity index (χ3v) is 5.37. The van der Waals surface area contributed by atoms with Crippen LogP contribution in [0, 0.1) is 0 Å². The molecule has 0 spiro atoms. The molecule has 2 fully saturated rings. The monoisotopic (exact) mass is 525 g/mol. The van der Waals surface area contributed by atoms with E-state index < -0.39 is 0 Å². The van der Waals surface area contributed by atoms with Crippen LogP contribution in [0.15, 0.2) is 4.99 Å². The van der Waals surface area contributed by atoms with Gasteiger partial charge < -0.3 is 25.0 Å². The van der Waals surface area contributed by atoms with Gasteiger partial charge in [-0.3, -0.25) is 9.69 Å². The van der Waals surface area contributed by atoms with E-state index in [-0.39, 0.29) is 42.5 Å². The fraction of sp³-hybridized carbons (Fsp3) is 0.900. The highest BCUT2D eigenvalue weighted by molar-refractivity contribution is 14.0. The van der Waals surface area contributed by atoms with Crippen LogP contribution in [-0.4, -0.2) is 100 Å². The van der Waals surface area contributed by atoms with Crippen LogP contribution in [0.1, 0.15) is 39.0 Å². The van der Waals surface area contributed by atoms with Crippen LogP contribution in [0.5, 0.6) is 0 Å². The van der Waals surface area contributed by atoms with Crippen LogP contribution < -0.4 is 10.6 Å². The Kier molecular flexibility index (Phi) is 13.8. The molecule has 2 aliphatic heterocycles. The van der Waals surface area contributed by atoms with Gasteiger partial charge in [0.15, 0.2) is 5.96 Å². The first-order chi connectivity index (χ1) is 13.6. The molecule has 0 radical (unpaired) electrons. The van der Waals surface area contributed by atoms with Gasteiger partial charge >= 0.3 is 0 Å². The minimum absolute atomic E-state index is 0. The highest BCUT2D eigenvalue weighted by Crippen LogP contribution is 2.15. The zero-order valence-electron chi connectivity index (χ0n) is 18.3. The molecule has 2 atom stereocenters. The van der Waals surface area contributed by atoms with Crippen molar-refractivity contribution in [1.82, 2.24) is 20.4 Å². The summed E-state index contributed by atoms with van der Waals surface area (Å²) in [6.45, 7) is 8.47. The Hall–Kier alpha value is -0.650. The van der Waals surface area contributed by atoms with Crippen molar-refractivity contribution in [2.45, 2.75) is 51.2 Å². The number of nitrogens with zero attached hydrogens (tertiary/aromatic N) is 3. The van der Waals surface area contributed by atoms with E-state index in [2.05, 4.69) is 27.4 Å². The van der Waals surface area contributed by atoms with Crippen molar-refractivity contribution in [3.63, 3.8) is 0 Å². The van der Waals surface area contributed by atoms with Gasteiger partial charge in [-0.05, 0) is 45.2 Å². The minimum atomic E-state index is -0.00273. The lowest BCUT2D eigenvalue weighted by Gasteiger charge is -2.24. The third-order valence-electron chi connectivity index (χ3n) is 5.37. The van der Waals surface area contributed by atoms with Crippen molar-refractivity contribution in [1.29, 1.82) is 0 Å². The summed E-state index contributed by atoms with van der Waals surface area (Å²) in [5, 5.41) is 6.76. The van der Waals surface area contributed by atoms with E-state index in [0.29, 0.717) is 25.2 Å². The molecule has 2 saturated heterocycles. The summed E-state index contributed by atoms with van der Waals surface area (Å²) in [4.78, 5) is 20.4. The highest BCUT2D eigenvalue weighted by Gasteiger charge is 2.22. The molecule has 2 unspecified atom stereocenters. The molecule has 2 N–H and O–H groups in total. The van der Waals surface area contributed by atoms with Crippen LogP contribution in [0.4, 0.5) is 0 Å². The maximum Gasteiger partial charge on any atom is 0.243 e. The molecule has 0 saturated carbocycles. The SMILES string of the molecule is CCN1CCCC1CNC(=NCC(=O)N(C)C)NCCCOCC1CCCO1.I. The van der Waals surface area contributed by atoms with E-state index in [1.165, 1.54) is 19.4 Å². The number of likely N-dealkylation sites (N-methyl/N-ethyl adjacent to an activating group) is 2. The average molecular weight is 525 g/mol. The maximum absolute atomic E-state index is 11.9. The number of ether oxygens (including phenoxy) is 2. The van der Waals surface area contributed by atoms with Crippen LogP contribution in [-0.2, 0) is 14.3 Å². The van der Waals surface area contributed by atoms with Crippen molar-refractivity contribution < 1.29 is 14.3 Å². The Morgan fingerprint density at radius 3 is 2.79 bits per heavy atom. The molecule has 0 aromatic rings. The molecule has 2 heterocycles. The lowest BCUT2D eigenvalue weighted by atomic mass is 10.2. The number of hydrogen-bond donors (Lipinski definition) is 2. The van der Waals surface area contributed by atoms with Gasteiger partial charge in [-0.15, -0.1) is 24.0 Å². The summed E-state index contributed by atoms with van der Waals surface area (Å²) in [5.74, 6) is 0.703. The number of halogens is 1. The number of hydrogen-bond acceptors (Lipinski definition) is 5. The molecule has 8 nitrogen and oxygen atoms in total. The Labute approximate surface area is 193 Å². The molecule has 170 valence electrons. The molecule has 9 heteroatoms. The molecule has 29 heavy (non-hydrogen) atoms. The number of guanidine groups is 1. The van der Waals surface area contributed by atoms with Gasteiger partial charge in [-0.25, -0.2) is 4.99 Å². The first-order valence-electron chi connectivity index (χ1n) is 10.8. The number of nitrogens with one attached hydrogen (secondary N) is 2. The van der Waals surface area contributed by atoms with Crippen molar-refractivity contribution >= 4 is 35.8 Å². The molecule has 2 rings (SSSR count). The van der Waals surface area contributed by atoms with E-state index in [9.17, 15) is 4.79 Å². The van der Waals surface area contributed by atoms with Crippen LogP contribution in [0.25, 0.3) is 0 Å². The predicted octanol–water partition coefficient (Wildman–Crippen LogP) is 1.30. The zero-order chi connectivity index (χ0) is 20.2. The second-order valence-corrected chi connectivity index (χ2v) is 7.75. The summed E-state index contributed by atoms with van der Waals surface area (Å²) in [5.41, 5.74) is 0. The van der Waals surface area contributed by atoms with E-state index in [1.807, 2.05) is 0 Å². The number of likely N-dealkylation sites (tertiary alicyclic amines) is 1. The van der Waals surface area contributed by atoms with Gasteiger partial charge in [0.2, 0.25) is 5.91 Å². The summed E-state index contributed by atoms with van der Waals surface area (Å²) in [7, 11) is 3.50. The highest BCUT2D eigenvalue weighted by atomic mass is 127. The smallest absolute Gasteiger partial charge is 0.243 e. The van der Waals surface area contributed by atoms with Crippen molar-refractivity contribution in [2.75, 3.05) is 66.6 Å². The van der Waals surface area contributed by atoms with E-state index in [4.69, 9.17) is 9.47 Å². The molecule has 0 bridgehead atoms. The first-order valence-corrected chi connectivity index (χ1v) is 10.8. The first kappa shape index (κ1) is 26.4. The topological polar surface area (TPSA) is 78.4 Å². The molecule has 1 amide bonds. The average Bonchev–Trinajstić information content (AvgIpc) is 3.36. The summed E-state index contributed by atoms with van der Waals surface area (Å²) < 4.78 is 11.3. The van der Waals surface area contributed by atoms with E-state index >= 15 is 0 Å². The zero-order valence-corrected chi connectivity index (χ0v) is 20.7. The maximum atomic E-state index is 11.9. The second-order valence-electron chi connectivity index (χ2n) is 7.75. The molecule has 2 aliphatic rings. The molecule has 0 aliphatic carbocycles. The standard InChI is InChI=1S/C20H39N5O3.HI/c1-4-25-11-5-8-17(25)14-22-20(23-15-19(26)24(2)3)21-10-7-12-27-16-18-9-6-13-28-18;/h17-18H,4-16H2,1-3H3,(H2,21,22,23);1H. The van der Waals surface area contributed by atoms with Crippen molar-refractivity contribution in [3.8, 4) is 0 Å². The van der Waals surface area contributed by atoms with Crippen LogP contribution in [0.3, 0.4) is 0 Å². The Morgan fingerprint density at radius 1 is 1.28 bits per heavy atom. The number of aliphatic imine (C=N–C) groups is 1. The minimum Gasteiger partial charge on any atom is -0.379 e. The van der Waals surface area contributed by atoms with Crippen molar-refractivity contribution in [2.24, 2.45) is 4.99 Å². The Balaban J connectivity index is 0.00000420. The lowest BCUT2D eigenvalue weighted by molar-refractivity contribution is -0.127. The molecule has 0 aromatic heterocycles. The third kappa shape index (κ3) is 10.3. The number of carbonyl (C=O) groups is 1. The van der Waals surface area contributed by atoms with Crippen LogP contribution >= 0.6 is 24.0 Å². The number of amides is 1. The van der Waals surface area contributed by atoms with Gasteiger partial charge in [0.05, 0.1) is 12.7 Å². The Morgan fingerprint density at radius 2 is 2.10 bits per heavy atom. The molecular weight excluding hydrogens is 485 g/mol. The Bertz CT molecular complexity index is 487. The van der Waals surface area contributed by atoms with Crippen LogP contribution in [0.2, 0.25) is 0 Å². The second kappa shape index (κ2) is 15.2. The quantitative estimate of drug-likeness (QED) is 0.183. The number of rotatable bonds is 11. The van der Waals surface area contributed by atoms with Crippen molar-refractivity contribution in [3.05, 3.63) is 0 Å².